The van der Waals surface area contributed by atoms with Crippen molar-refractivity contribution in [2.24, 2.45) is 0 Å². The number of halogens is 3. The lowest BCUT2D eigenvalue weighted by Crippen LogP contribution is -2.75. The number of carboxylic acids is 1. The van der Waals surface area contributed by atoms with Gasteiger partial charge >= 0.3 is 6.18 Å². The molecule has 88 valence electrons. The van der Waals surface area contributed by atoms with Crippen LogP contribution in [0, 0.1) is 0 Å². The number of hydrogen-bond donors (Lipinski definition) is 1. The minimum atomic E-state index is -4.61. The summed E-state index contributed by atoms with van der Waals surface area (Å²) >= 11 is 0. The molecule has 1 aromatic carbocycles. The first-order valence-corrected chi connectivity index (χ1v) is 4.41. The van der Waals surface area contributed by atoms with Crippen molar-refractivity contribution in [1.29, 1.82) is 0 Å². The standard InChI is InChI=1S/C10H10F3NO2/c1-9(14,8(15)16)6-4-2-3-5-7(6)10(11,12)13/h2-5H,14H2,1H3,(H,15,16)/t9-/m0/s1. The van der Waals surface area contributed by atoms with E-state index in [1.807, 2.05) is 0 Å². The highest BCUT2D eigenvalue weighted by atomic mass is 19.4. The van der Waals surface area contributed by atoms with Gasteiger partial charge in [0.15, 0.2) is 5.54 Å². The number of carbonyl (C=O) groups excluding carboxylic acids is 1. The Kier molecular flexibility index (Phi) is 2.96. The first-order chi connectivity index (χ1) is 7.17. The van der Waals surface area contributed by atoms with E-state index in [0.717, 1.165) is 19.1 Å². The maximum absolute atomic E-state index is 12.6. The predicted octanol–water partition coefficient (Wildman–Crippen LogP) is -0.0876. The second kappa shape index (κ2) is 3.79. The van der Waals surface area contributed by atoms with E-state index in [4.69, 9.17) is 0 Å². The van der Waals surface area contributed by atoms with Crippen molar-refractivity contribution in [3.05, 3.63) is 35.4 Å². The molecule has 0 spiro atoms. The van der Waals surface area contributed by atoms with Crippen LogP contribution in [0.1, 0.15) is 18.1 Å². The number of rotatable bonds is 2. The number of benzene rings is 1. The van der Waals surface area contributed by atoms with Crippen LogP contribution in [0.3, 0.4) is 0 Å². The van der Waals surface area contributed by atoms with Gasteiger partial charge in [-0.2, -0.15) is 13.2 Å². The minimum Gasteiger partial charge on any atom is -0.543 e. The largest absolute Gasteiger partial charge is 0.543 e. The van der Waals surface area contributed by atoms with Crippen LogP contribution in [-0.4, -0.2) is 5.97 Å². The van der Waals surface area contributed by atoms with E-state index < -0.39 is 28.8 Å². The second-order valence-electron chi connectivity index (χ2n) is 3.66. The summed E-state index contributed by atoms with van der Waals surface area (Å²) in [6.45, 7) is 1.08. The van der Waals surface area contributed by atoms with Gasteiger partial charge in [-0.3, -0.25) is 0 Å². The number of carbonyl (C=O) groups is 1. The first-order valence-electron chi connectivity index (χ1n) is 4.41. The normalized spacial score (nSPS) is 15.6. The third-order valence-electron chi connectivity index (χ3n) is 2.28. The predicted molar refractivity (Wildman–Crippen MR) is 46.7 cm³/mol. The van der Waals surface area contributed by atoms with Crippen LogP contribution in [0.15, 0.2) is 24.3 Å². The Morgan fingerprint density at radius 3 is 2.06 bits per heavy atom. The van der Waals surface area contributed by atoms with E-state index >= 15 is 0 Å². The Morgan fingerprint density at radius 1 is 1.25 bits per heavy atom. The molecule has 0 radical (unpaired) electrons. The number of aliphatic carboxylic acids is 1. The maximum Gasteiger partial charge on any atom is 0.416 e. The van der Waals surface area contributed by atoms with Crippen molar-refractivity contribution in [2.75, 3.05) is 0 Å². The third-order valence-corrected chi connectivity index (χ3v) is 2.28. The molecule has 0 aromatic heterocycles. The van der Waals surface area contributed by atoms with Gasteiger partial charge in [-0.05, 0) is 6.07 Å². The maximum atomic E-state index is 12.6. The Bertz CT molecular complexity index is 413. The van der Waals surface area contributed by atoms with Gasteiger partial charge in [0.1, 0.15) is 5.97 Å². The smallest absolute Gasteiger partial charge is 0.416 e. The third kappa shape index (κ3) is 2.16. The molecular formula is C10H10F3NO2. The Hall–Kier alpha value is -1.56. The Labute approximate surface area is 89.7 Å². The van der Waals surface area contributed by atoms with Crippen molar-refractivity contribution >= 4 is 5.97 Å². The Balaban J connectivity index is 3.41. The van der Waals surface area contributed by atoms with Gasteiger partial charge in [-0.25, -0.2) is 0 Å². The summed E-state index contributed by atoms with van der Waals surface area (Å²) in [5.41, 5.74) is -0.0762. The van der Waals surface area contributed by atoms with E-state index in [9.17, 15) is 23.1 Å². The lowest BCUT2D eigenvalue weighted by atomic mass is 9.89. The van der Waals surface area contributed by atoms with Crippen molar-refractivity contribution in [2.45, 2.75) is 18.6 Å². The zero-order valence-electron chi connectivity index (χ0n) is 8.47. The molecular weight excluding hydrogens is 223 g/mol. The quantitative estimate of drug-likeness (QED) is 0.775. The summed E-state index contributed by atoms with van der Waals surface area (Å²) in [4.78, 5) is 10.8. The molecule has 1 aromatic rings. The highest BCUT2D eigenvalue weighted by molar-refractivity contribution is 5.76. The molecule has 3 nitrogen and oxygen atoms in total. The fourth-order valence-corrected chi connectivity index (χ4v) is 1.32. The summed E-state index contributed by atoms with van der Waals surface area (Å²) < 4.78 is 37.8. The van der Waals surface area contributed by atoms with Crippen LogP contribution in [0.5, 0.6) is 0 Å². The van der Waals surface area contributed by atoms with Gasteiger partial charge in [0.05, 0.1) is 5.56 Å². The lowest BCUT2D eigenvalue weighted by molar-refractivity contribution is -0.490. The monoisotopic (exact) mass is 233 g/mol. The molecule has 0 fully saturated rings. The van der Waals surface area contributed by atoms with Crippen LogP contribution in [0.4, 0.5) is 13.2 Å². The van der Waals surface area contributed by atoms with Crippen LogP contribution in [0.2, 0.25) is 0 Å². The number of quaternary nitrogens is 1. The molecule has 0 heterocycles. The molecule has 3 N–H and O–H groups in total. The van der Waals surface area contributed by atoms with E-state index in [-0.39, 0.29) is 0 Å². The first kappa shape index (κ1) is 12.5. The van der Waals surface area contributed by atoms with Gasteiger partial charge < -0.3 is 15.6 Å². The summed E-state index contributed by atoms with van der Waals surface area (Å²) in [6.07, 6.45) is -4.61. The summed E-state index contributed by atoms with van der Waals surface area (Å²) in [6, 6.07) is 4.43. The van der Waals surface area contributed by atoms with Gasteiger partial charge in [0.25, 0.3) is 0 Å². The molecule has 1 rings (SSSR count). The van der Waals surface area contributed by atoms with Crippen molar-refractivity contribution in [1.82, 2.24) is 0 Å². The van der Waals surface area contributed by atoms with E-state index in [2.05, 4.69) is 5.73 Å². The average Bonchev–Trinajstić information content (AvgIpc) is 2.16. The molecule has 6 heteroatoms. The lowest BCUT2D eigenvalue weighted by Gasteiger charge is -2.25. The molecule has 0 unspecified atom stereocenters. The molecule has 0 saturated heterocycles. The Morgan fingerprint density at radius 2 is 1.69 bits per heavy atom. The fourth-order valence-electron chi connectivity index (χ4n) is 1.32. The van der Waals surface area contributed by atoms with E-state index in [1.54, 1.807) is 0 Å². The topological polar surface area (TPSA) is 67.8 Å². The van der Waals surface area contributed by atoms with Crippen molar-refractivity contribution in [3.63, 3.8) is 0 Å². The van der Waals surface area contributed by atoms with Crippen molar-refractivity contribution in [3.8, 4) is 0 Å². The second-order valence-corrected chi connectivity index (χ2v) is 3.66. The van der Waals surface area contributed by atoms with Gasteiger partial charge in [0, 0.05) is 12.5 Å². The van der Waals surface area contributed by atoms with E-state index in [1.165, 1.54) is 12.1 Å². The average molecular weight is 233 g/mol. The zero-order chi connectivity index (χ0) is 12.6. The number of hydrogen-bond acceptors (Lipinski definition) is 2. The highest BCUT2D eigenvalue weighted by Crippen LogP contribution is 2.34. The van der Waals surface area contributed by atoms with Gasteiger partial charge in [0.2, 0.25) is 0 Å². The SMILES string of the molecule is C[C@@]([NH3+])(C(=O)[O-])c1ccccc1C(F)(F)F. The number of carboxylic acid groups (broad SMARTS) is 1. The van der Waals surface area contributed by atoms with Crippen LogP contribution < -0.4 is 10.8 Å². The molecule has 0 aliphatic heterocycles. The molecule has 0 bridgehead atoms. The molecule has 0 aliphatic rings. The molecule has 1 atom stereocenters. The minimum absolute atomic E-state index is 0.400. The fraction of sp³-hybridized carbons (Fsp3) is 0.300. The van der Waals surface area contributed by atoms with Crippen LogP contribution in [-0.2, 0) is 16.5 Å². The molecule has 0 saturated carbocycles. The van der Waals surface area contributed by atoms with Gasteiger partial charge in [-0.15, -0.1) is 0 Å². The molecule has 16 heavy (non-hydrogen) atoms. The molecule has 0 amide bonds. The summed E-state index contributed by atoms with van der Waals surface area (Å²) in [5.74, 6) is -1.65. The summed E-state index contributed by atoms with van der Waals surface area (Å²) in [7, 11) is 0. The van der Waals surface area contributed by atoms with Gasteiger partial charge in [-0.1, -0.05) is 18.2 Å². The summed E-state index contributed by atoms with van der Waals surface area (Å²) in [5, 5.41) is 10.8. The number of alkyl halides is 3. The van der Waals surface area contributed by atoms with Crippen LogP contribution >= 0.6 is 0 Å². The highest BCUT2D eigenvalue weighted by Gasteiger charge is 2.40. The van der Waals surface area contributed by atoms with Crippen molar-refractivity contribution < 1.29 is 28.8 Å². The van der Waals surface area contributed by atoms with Crippen LogP contribution in [0.25, 0.3) is 0 Å². The zero-order valence-corrected chi connectivity index (χ0v) is 8.47. The van der Waals surface area contributed by atoms with E-state index in [0.29, 0.717) is 0 Å². The molecule has 0 aliphatic carbocycles.